The molecule has 1 aliphatic carbocycles. The van der Waals surface area contributed by atoms with Crippen LogP contribution in [0.3, 0.4) is 0 Å². The van der Waals surface area contributed by atoms with Gasteiger partial charge in [0, 0.05) is 13.0 Å². The van der Waals surface area contributed by atoms with Crippen LogP contribution in [0.2, 0.25) is 0 Å². The molecular weight excluding hydrogens is 335 g/mol. The highest BCUT2D eigenvalue weighted by molar-refractivity contribution is 7.89. The first-order valence-corrected chi connectivity index (χ1v) is 10.1. The van der Waals surface area contributed by atoms with Crippen LogP contribution >= 0.6 is 9.39 Å². The van der Waals surface area contributed by atoms with E-state index in [-0.39, 0.29) is 30.1 Å². The summed E-state index contributed by atoms with van der Waals surface area (Å²) in [5, 5.41) is 0. The summed E-state index contributed by atoms with van der Waals surface area (Å²) < 4.78 is 26.7. The Kier molecular flexibility index (Phi) is 5.05. The SMILES string of the molecule is C=C[C@@H]1C[C@]1(CC(=O)[C@@H]1C(C)[C@@H](C)CN1P)C(=O)NS(C)(=O)=O. The van der Waals surface area contributed by atoms with Gasteiger partial charge in [0.15, 0.2) is 5.78 Å². The molecule has 23 heavy (non-hydrogen) atoms. The lowest BCUT2D eigenvalue weighted by molar-refractivity contribution is -0.131. The smallest absolute Gasteiger partial charge is 0.240 e. The van der Waals surface area contributed by atoms with Crippen LogP contribution in [0.1, 0.15) is 26.7 Å². The lowest BCUT2D eigenvalue weighted by atomic mass is 9.86. The van der Waals surface area contributed by atoms with Gasteiger partial charge in [0.1, 0.15) is 0 Å². The average molecular weight is 360 g/mol. The zero-order valence-corrected chi connectivity index (χ0v) is 15.8. The van der Waals surface area contributed by atoms with Gasteiger partial charge in [0.25, 0.3) is 0 Å². The third kappa shape index (κ3) is 3.67. The Morgan fingerprint density at radius 2 is 2.04 bits per heavy atom. The number of nitrogens with one attached hydrogen (secondary N) is 1. The van der Waals surface area contributed by atoms with Crippen molar-refractivity contribution in [3.8, 4) is 0 Å². The number of rotatable bonds is 6. The Balaban J connectivity index is 2.16. The molecule has 1 aliphatic heterocycles. The summed E-state index contributed by atoms with van der Waals surface area (Å²) in [6.45, 7) is 8.65. The average Bonchev–Trinajstić information content (AvgIpc) is 3.04. The number of nitrogens with zero attached hydrogens (tertiary/aromatic N) is 1. The van der Waals surface area contributed by atoms with E-state index in [9.17, 15) is 18.0 Å². The van der Waals surface area contributed by atoms with Crippen LogP contribution in [0, 0.1) is 23.2 Å². The fraction of sp³-hybridized carbons (Fsp3) is 0.733. The lowest BCUT2D eigenvalue weighted by Crippen LogP contribution is -2.41. The van der Waals surface area contributed by atoms with Crippen molar-refractivity contribution < 1.29 is 18.0 Å². The highest BCUT2D eigenvalue weighted by Crippen LogP contribution is 2.57. The molecule has 8 heteroatoms. The quantitative estimate of drug-likeness (QED) is 0.563. The maximum absolute atomic E-state index is 12.8. The van der Waals surface area contributed by atoms with Crippen molar-refractivity contribution in [3.05, 3.63) is 12.7 Å². The van der Waals surface area contributed by atoms with E-state index in [0.29, 0.717) is 12.3 Å². The van der Waals surface area contributed by atoms with Gasteiger partial charge in [-0.2, -0.15) is 0 Å². The van der Waals surface area contributed by atoms with Crippen molar-refractivity contribution in [1.82, 2.24) is 9.39 Å². The molecule has 6 atom stereocenters. The van der Waals surface area contributed by atoms with Crippen molar-refractivity contribution in [3.63, 3.8) is 0 Å². The standard InChI is InChI=1S/C15H25N2O4PS/c1-5-11-6-15(11,14(19)16-23(4,20)21)7-12(18)13-10(3)9(2)8-17(13)22/h5,9-11,13H,1,6-8,22H2,2-4H3,(H,16,19)/t9-,10?,11+,13-,15+/m0/s1. The molecule has 1 saturated heterocycles. The summed E-state index contributed by atoms with van der Waals surface area (Å²) in [6.07, 6.45) is 3.10. The van der Waals surface area contributed by atoms with Crippen LogP contribution in [-0.4, -0.2) is 43.6 Å². The molecule has 0 radical (unpaired) electrons. The third-order valence-corrected chi connectivity index (χ3v) is 6.31. The molecule has 1 N–H and O–H groups in total. The van der Waals surface area contributed by atoms with Crippen molar-refractivity contribution in [1.29, 1.82) is 0 Å². The number of ketones is 1. The minimum Gasteiger partial charge on any atom is -0.298 e. The van der Waals surface area contributed by atoms with E-state index in [4.69, 9.17) is 0 Å². The second-order valence-corrected chi connectivity index (χ2v) is 9.44. The van der Waals surface area contributed by atoms with Gasteiger partial charge in [-0.1, -0.05) is 29.3 Å². The van der Waals surface area contributed by atoms with E-state index >= 15 is 0 Å². The van der Waals surface area contributed by atoms with Gasteiger partial charge in [-0.15, -0.1) is 6.58 Å². The number of hydrogen-bond donors (Lipinski definition) is 1. The zero-order chi connectivity index (χ0) is 17.6. The summed E-state index contributed by atoms with van der Waals surface area (Å²) in [6, 6.07) is -0.246. The molecule has 1 saturated carbocycles. The third-order valence-electron chi connectivity index (χ3n) is 5.22. The molecule has 130 valence electrons. The normalized spacial score (nSPS) is 37.4. The van der Waals surface area contributed by atoms with E-state index in [1.165, 1.54) is 0 Å². The van der Waals surface area contributed by atoms with Crippen LogP contribution in [0.15, 0.2) is 12.7 Å². The van der Waals surface area contributed by atoms with Crippen LogP contribution in [0.5, 0.6) is 0 Å². The minimum atomic E-state index is -3.64. The van der Waals surface area contributed by atoms with Gasteiger partial charge < -0.3 is 0 Å². The summed E-state index contributed by atoms with van der Waals surface area (Å²) in [5.41, 5.74) is -0.959. The highest BCUT2D eigenvalue weighted by atomic mass is 32.2. The monoisotopic (exact) mass is 360 g/mol. The first-order valence-electron chi connectivity index (χ1n) is 7.70. The number of carbonyl (C=O) groups is 2. The Labute approximate surface area is 140 Å². The summed E-state index contributed by atoms with van der Waals surface area (Å²) in [5.74, 6) is -0.148. The van der Waals surface area contributed by atoms with E-state index in [0.717, 1.165) is 12.8 Å². The minimum absolute atomic E-state index is 0.00940. The maximum atomic E-state index is 12.8. The second-order valence-electron chi connectivity index (χ2n) is 7.03. The predicted molar refractivity (Wildman–Crippen MR) is 91.9 cm³/mol. The largest absolute Gasteiger partial charge is 0.298 e. The van der Waals surface area contributed by atoms with E-state index in [1.54, 1.807) is 6.08 Å². The summed E-state index contributed by atoms with van der Waals surface area (Å²) in [4.78, 5) is 25.2. The van der Waals surface area contributed by atoms with Gasteiger partial charge in [-0.3, -0.25) is 19.0 Å². The first kappa shape index (κ1) is 18.6. The molecule has 0 aromatic heterocycles. The van der Waals surface area contributed by atoms with E-state index in [1.807, 2.05) is 16.3 Å². The molecular formula is C15H25N2O4PS. The molecule has 2 aliphatic rings. The Morgan fingerprint density at radius 1 is 1.43 bits per heavy atom. The van der Waals surface area contributed by atoms with Gasteiger partial charge in [-0.05, 0) is 24.2 Å². The van der Waals surface area contributed by atoms with Crippen LogP contribution in [0.25, 0.3) is 0 Å². The lowest BCUT2D eigenvalue weighted by Gasteiger charge is -2.24. The van der Waals surface area contributed by atoms with E-state index < -0.39 is 21.3 Å². The number of allylic oxidation sites excluding steroid dienone is 1. The van der Waals surface area contributed by atoms with E-state index in [2.05, 4.69) is 22.9 Å². The Hall–Kier alpha value is -0.780. The van der Waals surface area contributed by atoms with Gasteiger partial charge in [0.2, 0.25) is 15.9 Å². The molecule has 0 spiro atoms. The number of Topliss-reactive ketones (excluding diaryl/α,β-unsaturated/α-hetero) is 1. The zero-order valence-electron chi connectivity index (χ0n) is 13.8. The number of sulfonamides is 1. The van der Waals surface area contributed by atoms with Crippen LogP contribution < -0.4 is 4.72 Å². The first-order chi connectivity index (χ1) is 10.5. The number of amides is 1. The maximum Gasteiger partial charge on any atom is 0.240 e. The molecule has 2 fully saturated rings. The highest BCUT2D eigenvalue weighted by Gasteiger charge is 2.60. The van der Waals surface area contributed by atoms with Crippen molar-refractivity contribution in [2.45, 2.75) is 32.7 Å². The topological polar surface area (TPSA) is 83.6 Å². The molecule has 2 unspecified atom stereocenters. The molecule has 6 nitrogen and oxygen atoms in total. The summed E-state index contributed by atoms with van der Waals surface area (Å²) >= 11 is 0. The fourth-order valence-corrected chi connectivity index (χ4v) is 4.89. The predicted octanol–water partition coefficient (Wildman–Crippen LogP) is 0.960. The number of carbonyl (C=O) groups excluding carboxylic acids is 2. The van der Waals surface area contributed by atoms with Gasteiger partial charge in [-0.25, -0.2) is 8.42 Å². The van der Waals surface area contributed by atoms with Gasteiger partial charge in [0.05, 0.1) is 17.7 Å². The molecule has 1 heterocycles. The van der Waals surface area contributed by atoms with Crippen molar-refractivity contribution in [2.75, 3.05) is 12.8 Å². The molecule has 2 rings (SSSR count). The summed E-state index contributed by atoms with van der Waals surface area (Å²) in [7, 11) is -1.05. The number of hydrogen-bond acceptors (Lipinski definition) is 5. The van der Waals surface area contributed by atoms with Crippen molar-refractivity contribution in [2.24, 2.45) is 23.2 Å². The molecule has 1 amide bonds. The van der Waals surface area contributed by atoms with Crippen LogP contribution in [-0.2, 0) is 19.6 Å². The fourth-order valence-electron chi connectivity index (χ4n) is 3.58. The Bertz CT molecular complexity index is 635. The van der Waals surface area contributed by atoms with Crippen LogP contribution in [0.4, 0.5) is 0 Å². The molecule has 0 aromatic carbocycles. The molecule has 0 bridgehead atoms. The van der Waals surface area contributed by atoms with Crippen molar-refractivity contribution >= 4 is 31.1 Å². The second kappa shape index (κ2) is 6.26. The molecule has 0 aromatic rings. The van der Waals surface area contributed by atoms with Gasteiger partial charge >= 0.3 is 0 Å². The Morgan fingerprint density at radius 3 is 2.43 bits per heavy atom.